The van der Waals surface area contributed by atoms with Gasteiger partial charge in [-0.05, 0) is 73.1 Å². The van der Waals surface area contributed by atoms with E-state index < -0.39 is 0 Å². The summed E-state index contributed by atoms with van der Waals surface area (Å²) in [6.07, 6.45) is 0. The summed E-state index contributed by atoms with van der Waals surface area (Å²) < 4.78 is 0. The summed E-state index contributed by atoms with van der Waals surface area (Å²) in [7, 11) is 0. The molecule has 230 valence electrons. The van der Waals surface area contributed by atoms with Crippen molar-refractivity contribution in [3.63, 3.8) is 0 Å². The van der Waals surface area contributed by atoms with E-state index in [-0.39, 0.29) is 5.41 Å². The van der Waals surface area contributed by atoms with Crippen LogP contribution in [0.3, 0.4) is 0 Å². The summed E-state index contributed by atoms with van der Waals surface area (Å²) in [5.74, 6) is 1.89. The van der Waals surface area contributed by atoms with Crippen molar-refractivity contribution in [2.24, 2.45) is 0 Å². The predicted molar refractivity (Wildman–Crippen MR) is 200 cm³/mol. The lowest BCUT2D eigenvalue weighted by molar-refractivity contribution is 0.661. The molecule has 0 fully saturated rings. The maximum absolute atomic E-state index is 7.60. The van der Waals surface area contributed by atoms with Crippen LogP contribution >= 0.6 is 0 Å². The Labute approximate surface area is 285 Å². The molecule has 0 radical (unpaired) electrons. The van der Waals surface area contributed by atoms with Gasteiger partial charge in [-0.1, -0.05) is 141 Å². The highest BCUT2D eigenvalue weighted by Gasteiger charge is 2.36. The van der Waals surface area contributed by atoms with Gasteiger partial charge in [-0.2, -0.15) is 0 Å². The number of benzene rings is 7. The van der Waals surface area contributed by atoms with Crippen LogP contribution in [0.5, 0.6) is 0 Å². The van der Waals surface area contributed by atoms with Crippen molar-refractivity contribution in [2.75, 3.05) is 0 Å². The van der Waals surface area contributed by atoms with Crippen molar-refractivity contribution in [3.05, 3.63) is 168 Å². The zero-order valence-electron chi connectivity index (χ0n) is 27.1. The summed E-state index contributed by atoms with van der Waals surface area (Å²) in [5, 5.41) is 4.63. The van der Waals surface area contributed by atoms with E-state index in [1.165, 1.54) is 33.0 Å². The highest BCUT2D eigenvalue weighted by molar-refractivity contribution is 5.94. The maximum atomic E-state index is 7.60. The van der Waals surface area contributed by atoms with Crippen LogP contribution in [0.2, 0.25) is 0 Å². The molecular formula is C45H30N4. The Hall–Kier alpha value is -6.44. The third-order valence-corrected chi connectivity index (χ3v) is 9.90. The molecule has 0 aliphatic heterocycles. The van der Waals surface area contributed by atoms with Crippen molar-refractivity contribution < 1.29 is 0 Å². The Bertz CT molecular complexity index is 2560. The second-order valence-electron chi connectivity index (χ2n) is 13.2. The van der Waals surface area contributed by atoms with Gasteiger partial charge in [-0.25, -0.2) is 19.8 Å². The molecular weight excluding hydrogens is 597 g/mol. The number of hydrogen-bond donors (Lipinski definition) is 0. The van der Waals surface area contributed by atoms with Crippen molar-refractivity contribution >= 4 is 27.2 Å². The van der Waals surface area contributed by atoms with Gasteiger partial charge in [0.05, 0.1) is 6.57 Å². The topological polar surface area (TPSA) is 43.0 Å². The summed E-state index contributed by atoms with van der Waals surface area (Å²) in [5.41, 5.74) is 10.4. The van der Waals surface area contributed by atoms with E-state index >= 15 is 0 Å². The van der Waals surface area contributed by atoms with Gasteiger partial charge < -0.3 is 0 Å². The summed E-state index contributed by atoms with van der Waals surface area (Å²) >= 11 is 0. The quantitative estimate of drug-likeness (QED) is 0.183. The fourth-order valence-electron chi connectivity index (χ4n) is 7.33. The van der Waals surface area contributed by atoms with Gasteiger partial charge >= 0.3 is 0 Å². The van der Waals surface area contributed by atoms with Gasteiger partial charge in [0.25, 0.3) is 0 Å². The van der Waals surface area contributed by atoms with Gasteiger partial charge in [0.1, 0.15) is 0 Å². The lowest BCUT2D eigenvalue weighted by atomic mass is 9.82. The van der Waals surface area contributed by atoms with Crippen LogP contribution in [0.1, 0.15) is 25.0 Å². The molecule has 0 saturated heterocycles. The molecule has 0 atom stereocenters. The lowest BCUT2D eigenvalue weighted by Gasteiger charge is -2.22. The van der Waals surface area contributed by atoms with Crippen molar-refractivity contribution in [1.29, 1.82) is 0 Å². The summed E-state index contributed by atoms with van der Waals surface area (Å²) in [6, 6.07) is 50.6. The van der Waals surface area contributed by atoms with E-state index in [1.54, 1.807) is 0 Å². The normalized spacial score (nSPS) is 12.8. The molecule has 0 amide bonds. The number of fused-ring (bicyclic) bond motifs is 5. The summed E-state index contributed by atoms with van der Waals surface area (Å²) in [4.78, 5) is 19.0. The molecule has 0 spiro atoms. The molecule has 0 bridgehead atoms. The van der Waals surface area contributed by atoms with Gasteiger partial charge in [0.2, 0.25) is 0 Å². The second kappa shape index (κ2) is 11.1. The zero-order chi connectivity index (χ0) is 33.1. The Morgan fingerprint density at radius 1 is 0.449 bits per heavy atom. The van der Waals surface area contributed by atoms with E-state index in [9.17, 15) is 0 Å². The SMILES string of the molecule is [C-]#[N+]c1ccc2c(c1)C(C)(C)c1cccc(-c3cccc(-c4nc(-c5ccc6ccccc6c5)nc(-c5ccc6ccccc6c5)n4)c3)c1-2. The highest BCUT2D eigenvalue weighted by Crippen LogP contribution is 2.53. The maximum Gasteiger partial charge on any atom is 0.187 e. The van der Waals surface area contributed by atoms with Crippen molar-refractivity contribution in [1.82, 2.24) is 15.0 Å². The predicted octanol–water partition coefficient (Wildman–Crippen LogP) is 11.7. The Kier molecular flexibility index (Phi) is 6.50. The smallest absolute Gasteiger partial charge is 0.187 e. The summed E-state index contributed by atoms with van der Waals surface area (Å²) in [6.45, 7) is 12.1. The van der Waals surface area contributed by atoms with Crippen molar-refractivity contribution in [3.8, 4) is 56.4 Å². The standard InChI is InChI=1S/C45H30N4/c1-45(2)39-17-9-16-37(41(39)38-23-22-36(46-3)27-40(38)45)32-14-8-15-33(26-32)42-47-43(34-20-18-28-10-4-6-12-30(28)24-34)49-44(48-42)35-21-19-29-11-5-7-13-31(29)25-35/h4-27H,1-2H3. The first kappa shape index (κ1) is 28.8. The van der Waals surface area contributed by atoms with E-state index in [1.807, 2.05) is 6.07 Å². The molecule has 0 N–H and O–H groups in total. The van der Waals surface area contributed by atoms with Gasteiger partial charge in [-0.3, -0.25) is 0 Å². The molecule has 0 unspecified atom stereocenters. The van der Waals surface area contributed by atoms with E-state index in [4.69, 9.17) is 21.5 Å². The minimum atomic E-state index is -0.212. The van der Waals surface area contributed by atoms with E-state index in [0.717, 1.165) is 38.6 Å². The molecule has 1 aliphatic carbocycles. The molecule has 1 aliphatic rings. The molecule has 49 heavy (non-hydrogen) atoms. The van der Waals surface area contributed by atoms with Crippen LogP contribution in [0, 0.1) is 6.57 Å². The third-order valence-electron chi connectivity index (χ3n) is 9.90. The highest BCUT2D eigenvalue weighted by atomic mass is 15.0. The molecule has 4 nitrogen and oxygen atoms in total. The molecule has 1 aromatic heterocycles. The first-order valence-electron chi connectivity index (χ1n) is 16.5. The van der Waals surface area contributed by atoms with Gasteiger partial charge in [-0.15, -0.1) is 0 Å². The number of nitrogens with zero attached hydrogens (tertiary/aromatic N) is 4. The number of aromatic nitrogens is 3. The Balaban J connectivity index is 1.22. The van der Waals surface area contributed by atoms with Gasteiger partial charge in [0, 0.05) is 22.1 Å². The second-order valence-corrected chi connectivity index (χ2v) is 13.2. The van der Waals surface area contributed by atoms with Crippen LogP contribution in [0.25, 0.3) is 82.8 Å². The first-order valence-corrected chi connectivity index (χ1v) is 16.5. The molecule has 0 saturated carbocycles. The van der Waals surface area contributed by atoms with Crippen LogP contribution in [-0.2, 0) is 5.41 Å². The van der Waals surface area contributed by atoms with Crippen LogP contribution in [0.4, 0.5) is 5.69 Å². The number of rotatable bonds is 4. The lowest BCUT2D eigenvalue weighted by Crippen LogP contribution is -2.14. The fraction of sp³-hybridized carbons (Fsp3) is 0.0667. The first-order chi connectivity index (χ1) is 24.0. The monoisotopic (exact) mass is 626 g/mol. The van der Waals surface area contributed by atoms with Crippen LogP contribution < -0.4 is 0 Å². The average Bonchev–Trinajstić information content (AvgIpc) is 3.39. The minimum Gasteiger partial charge on any atom is -0.238 e. The minimum absolute atomic E-state index is 0.212. The Morgan fingerprint density at radius 2 is 1.00 bits per heavy atom. The molecule has 9 rings (SSSR count). The Morgan fingerprint density at radius 3 is 1.61 bits per heavy atom. The van der Waals surface area contributed by atoms with Crippen LogP contribution in [-0.4, -0.2) is 15.0 Å². The molecule has 8 aromatic rings. The van der Waals surface area contributed by atoms with Gasteiger partial charge in [0.15, 0.2) is 23.2 Å². The van der Waals surface area contributed by atoms with E-state index in [0.29, 0.717) is 23.2 Å². The average molecular weight is 627 g/mol. The zero-order valence-corrected chi connectivity index (χ0v) is 27.1. The molecule has 7 aromatic carbocycles. The van der Waals surface area contributed by atoms with E-state index in [2.05, 4.69) is 158 Å². The molecule has 1 heterocycles. The molecule has 4 heteroatoms. The largest absolute Gasteiger partial charge is 0.238 e. The fourth-order valence-corrected chi connectivity index (χ4v) is 7.33. The third kappa shape index (κ3) is 4.79. The number of hydrogen-bond acceptors (Lipinski definition) is 3. The van der Waals surface area contributed by atoms with Crippen molar-refractivity contribution in [2.45, 2.75) is 19.3 Å². The van der Waals surface area contributed by atoms with Crippen LogP contribution in [0.15, 0.2) is 146 Å².